The van der Waals surface area contributed by atoms with Crippen LogP contribution in [0.25, 0.3) is 11.1 Å². The third-order valence-electron chi connectivity index (χ3n) is 5.74. The molecule has 0 spiro atoms. The van der Waals surface area contributed by atoms with E-state index >= 15 is 0 Å². The highest BCUT2D eigenvalue weighted by Crippen LogP contribution is 2.29. The second-order valence-corrected chi connectivity index (χ2v) is 7.74. The van der Waals surface area contributed by atoms with Crippen molar-refractivity contribution in [2.75, 3.05) is 13.1 Å². The molecule has 0 bridgehead atoms. The van der Waals surface area contributed by atoms with Crippen LogP contribution >= 0.6 is 0 Å². The SMILES string of the molecule is Cn1cc(-c2ccc(C(=O)NC[C@@H]3CC(=O)N(C4CCCC4)C3)cc2)cn1. The number of hydrogen-bond donors (Lipinski definition) is 1. The van der Waals surface area contributed by atoms with E-state index in [0.717, 1.165) is 30.5 Å². The van der Waals surface area contributed by atoms with Crippen LogP contribution in [0.2, 0.25) is 0 Å². The number of benzene rings is 1. The lowest BCUT2D eigenvalue weighted by molar-refractivity contribution is -0.129. The van der Waals surface area contributed by atoms with Crippen LogP contribution in [0.4, 0.5) is 0 Å². The second-order valence-electron chi connectivity index (χ2n) is 7.74. The van der Waals surface area contributed by atoms with Gasteiger partial charge in [0.05, 0.1) is 6.20 Å². The van der Waals surface area contributed by atoms with Crippen molar-refractivity contribution >= 4 is 11.8 Å². The number of carbonyl (C=O) groups excluding carboxylic acids is 2. The Morgan fingerprint density at radius 1 is 1.19 bits per heavy atom. The number of rotatable bonds is 5. The third-order valence-corrected chi connectivity index (χ3v) is 5.74. The van der Waals surface area contributed by atoms with Crippen molar-refractivity contribution in [1.29, 1.82) is 0 Å². The lowest BCUT2D eigenvalue weighted by Crippen LogP contribution is -2.36. The highest BCUT2D eigenvalue weighted by atomic mass is 16.2. The standard InChI is InChI=1S/C21H26N4O2/c1-24-14-18(12-23-24)16-6-8-17(9-7-16)21(27)22-11-15-10-20(26)25(13-15)19-4-2-3-5-19/h6-9,12,14-15,19H,2-5,10-11,13H2,1H3,(H,22,27)/t15-/m0/s1. The summed E-state index contributed by atoms with van der Waals surface area (Å²) in [5.41, 5.74) is 2.70. The van der Waals surface area contributed by atoms with Gasteiger partial charge in [0.2, 0.25) is 5.91 Å². The molecule has 4 rings (SSSR count). The summed E-state index contributed by atoms with van der Waals surface area (Å²) >= 11 is 0. The molecule has 0 radical (unpaired) electrons. The Balaban J connectivity index is 1.31. The molecule has 27 heavy (non-hydrogen) atoms. The number of amides is 2. The molecule has 142 valence electrons. The van der Waals surface area contributed by atoms with E-state index in [1.165, 1.54) is 12.8 Å². The largest absolute Gasteiger partial charge is 0.352 e. The molecule has 1 aromatic heterocycles. The molecular formula is C21H26N4O2. The number of hydrogen-bond acceptors (Lipinski definition) is 3. The first kappa shape index (κ1) is 17.8. The Kier molecular flexibility index (Phi) is 4.97. The monoisotopic (exact) mass is 366 g/mol. The minimum Gasteiger partial charge on any atom is -0.352 e. The number of nitrogens with one attached hydrogen (secondary N) is 1. The van der Waals surface area contributed by atoms with Gasteiger partial charge in [0.15, 0.2) is 0 Å². The van der Waals surface area contributed by atoms with Crippen LogP contribution in [-0.2, 0) is 11.8 Å². The molecule has 6 heteroatoms. The zero-order chi connectivity index (χ0) is 18.8. The van der Waals surface area contributed by atoms with Gasteiger partial charge in [-0.3, -0.25) is 14.3 Å². The van der Waals surface area contributed by atoms with Crippen LogP contribution in [-0.4, -0.2) is 45.6 Å². The van der Waals surface area contributed by atoms with E-state index in [-0.39, 0.29) is 17.7 Å². The fourth-order valence-corrected chi connectivity index (χ4v) is 4.24. The Hall–Kier alpha value is -2.63. The Morgan fingerprint density at radius 2 is 1.93 bits per heavy atom. The van der Waals surface area contributed by atoms with Crippen molar-refractivity contribution in [3.05, 3.63) is 42.2 Å². The molecule has 0 unspecified atom stereocenters. The molecule has 1 aromatic carbocycles. The zero-order valence-corrected chi connectivity index (χ0v) is 15.7. The average Bonchev–Trinajstić information content (AvgIpc) is 3.41. The predicted octanol–water partition coefficient (Wildman–Crippen LogP) is 2.61. The van der Waals surface area contributed by atoms with E-state index in [1.807, 2.05) is 48.6 Å². The average molecular weight is 366 g/mol. The van der Waals surface area contributed by atoms with Crippen LogP contribution < -0.4 is 5.32 Å². The van der Waals surface area contributed by atoms with Crippen molar-refractivity contribution in [1.82, 2.24) is 20.0 Å². The molecule has 1 saturated heterocycles. The molecule has 1 saturated carbocycles. The maximum Gasteiger partial charge on any atom is 0.251 e. The van der Waals surface area contributed by atoms with Crippen LogP contribution in [0.3, 0.4) is 0 Å². The molecule has 1 N–H and O–H groups in total. The maximum absolute atomic E-state index is 12.4. The molecule has 1 aliphatic carbocycles. The number of nitrogens with zero attached hydrogens (tertiary/aromatic N) is 3. The molecular weight excluding hydrogens is 340 g/mol. The minimum atomic E-state index is -0.0838. The Morgan fingerprint density at radius 3 is 2.59 bits per heavy atom. The normalized spacial score (nSPS) is 20.4. The highest BCUT2D eigenvalue weighted by Gasteiger charge is 2.35. The molecule has 2 amide bonds. The third kappa shape index (κ3) is 3.89. The summed E-state index contributed by atoms with van der Waals surface area (Å²) < 4.78 is 1.76. The van der Waals surface area contributed by atoms with Gasteiger partial charge in [0.1, 0.15) is 0 Å². The molecule has 2 fully saturated rings. The van der Waals surface area contributed by atoms with Gasteiger partial charge in [-0.2, -0.15) is 5.10 Å². The Bertz CT molecular complexity index is 821. The van der Waals surface area contributed by atoms with Gasteiger partial charge < -0.3 is 10.2 Å². The van der Waals surface area contributed by atoms with E-state index in [0.29, 0.717) is 24.6 Å². The van der Waals surface area contributed by atoms with Gasteiger partial charge >= 0.3 is 0 Å². The lowest BCUT2D eigenvalue weighted by Gasteiger charge is -2.24. The number of aromatic nitrogens is 2. The van der Waals surface area contributed by atoms with Crippen LogP contribution in [0.5, 0.6) is 0 Å². The summed E-state index contributed by atoms with van der Waals surface area (Å²) in [6.45, 7) is 1.34. The molecule has 2 aliphatic rings. The number of likely N-dealkylation sites (tertiary alicyclic amines) is 1. The van der Waals surface area contributed by atoms with E-state index < -0.39 is 0 Å². The van der Waals surface area contributed by atoms with Gasteiger partial charge in [0, 0.05) is 55.8 Å². The fraction of sp³-hybridized carbons (Fsp3) is 0.476. The van der Waals surface area contributed by atoms with E-state index in [2.05, 4.69) is 10.4 Å². The first-order valence-electron chi connectivity index (χ1n) is 9.77. The number of carbonyl (C=O) groups is 2. The maximum atomic E-state index is 12.4. The van der Waals surface area contributed by atoms with Gasteiger partial charge in [-0.25, -0.2) is 0 Å². The zero-order valence-electron chi connectivity index (χ0n) is 15.7. The molecule has 6 nitrogen and oxygen atoms in total. The summed E-state index contributed by atoms with van der Waals surface area (Å²) in [5, 5.41) is 7.17. The first-order chi connectivity index (χ1) is 13.1. The smallest absolute Gasteiger partial charge is 0.251 e. The summed E-state index contributed by atoms with van der Waals surface area (Å²) in [7, 11) is 1.88. The van der Waals surface area contributed by atoms with Crippen molar-refractivity contribution in [2.24, 2.45) is 13.0 Å². The predicted molar refractivity (Wildman–Crippen MR) is 103 cm³/mol. The van der Waals surface area contributed by atoms with Crippen molar-refractivity contribution in [3.8, 4) is 11.1 Å². The van der Waals surface area contributed by atoms with Crippen molar-refractivity contribution in [2.45, 2.75) is 38.1 Å². The number of aryl methyl sites for hydroxylation is 1. The summed E-state index contributed by atoms with van der Waals surface area (Å²) in [4.78, 5) is 26.8. The summed E-state index contributed by atoms with van der Waals surface area (Å²) in [6.07, 6.45) is 9.03. The van der Waals surface area contributed by atoms with Crippen molar-refractivity contribution < 1.29 is 9.59 Å². The second kappa shape index (κ2) is 7.55. The van der Waals surface area contributed by atoms with E-state index in [4.69, 9.17) is 0 Å². The van der Waals surface area contributed by atoms with Gasteiger partial charge in [-0.1, -0.05) is 25.0 Å². The molecule has 2 aromatic rings. The molecule has 2 heterocycles. The van der Waals surface area contributed by atoms with Crippen LogP contribution in [0.15, 0.2) is 36.7 Å². The fourth-order valence-electron chi connectivity index (χ4n) is 4.24. The van der Waals surface area contributed by atoms with E-state index in [9.17, 15) is 9.59 Å². The molecule has 1 atom stereocenters. The molecule has 1 aliphatic heterocycles. The summed E-state index contributed by atoms with van der Waals surface area (Å²) in [6, 6.07) is 7.97. The van der Waals surface area contributed by atoms with Gasteiger partial charge in [0.25, 0.3) is 5.91 Å². The Labute approximate surface area is 159 Å². The van der Waals surface area contributed by atoms with Crippen LogP contribution in [0, 0.1) is 5.92 Å². The van der Waals surface area contributed by atoms with E-state index in [1.54, 1.807) is 4.68 Å². The lowest BCUT2D eigenvalue weighted by atomic mass is 10.1. The van der Waals surface area contributed by atoms with Crippen LogP contribution in [0.1, 0.15) is 42.5 Å². The van der Waals surface area contributed by atoms with Gasteiger partial charge in [-0.05, 0) is 30.5 Å². The first-order valence-corrected chi connectivity index (χ1v) is 9.77. The van der Waals surface area contributed by atoms with Gasteiger partial charge in [-0.15, -0.1) is 0 Å². The topological polar surface area (TPSA) is 67.2 Å². The van der Waals surface area contributed by atoms with Crippen molar-refractivity contribution in [3.63, 3.8) is 0 Å². The highest BCUT2D eigenvalue weighted by molar-refractivity contribution is 5.94. The minimum absolute atomic E-state index is 0.0838. The summed E-state index contributed by atoms with van der Waals surface area (Å²) in [5.74, 6) is 0.387. The quantitative estimate of drug-likeness (QED) is 0.884.